The standard InChI is InChI=1S/C21H25F2N5S/c1-14-4-3-6-27-29-21(20(14)24)15(2)26-7-5-16-12-18(23)19(13-17(16)22)28-10-8-25-9-11-28/h3-4,6,12-13,25-26H,1-2,5,7-11,24H2/b4-3-,21-20+,27-6-. The van der Waals surface area contributed by atoms with Crippen LogP contribution in [0.4, 0.5) is 14.5 Å². The van der Waals surface area contributed by atoms with Crippen molar-refractivity contribution in [3.8, 4) is 0 Å². The predicted molar refractivity (Wildman–Crippen MR) is 118 cm³/mol. The molecule has 5 nitrogen and oxygen atoms in total. The Morgan fingerprint density at radius 3 is 2.79 bits per heavy atom. The fraction of sp³-hybridized carbons (Fsp3) is 0.286. The van der Waals surface area contributed by atoms with E-state index in [1.807, 2.05) is 4.90 Å². The van der Waals surface area contributed by atoms with E-state index >= 15 is 0 Å². The maximum absolute atomic E-state index is 14.5. The highest BCUT2D eigenvalue weighted by Gasteiger charge is 2.18. The van der Waals surface area contributed by atoms with E-state index in [1.165, 1.54) is 24.1 Å². The van der Waals surface area contributed by atoms with Gasteiger partial charge in [-0.05, 0) is 29.7 Å². The Hall–Kier alpha value is -2.58. The quantitative estimate of drug-likeness (QED) is 0.621. The molecule has 0 radical (unpaired) electrons. The van der Waals surface area contributed by atoms with E-state index < -0.39 is 11.6 Å². The number of nitrogens with two attached hydrogens (primary N) is 1. The van der Waals surface area contributed by atoms with Crippen molar-refractivity contribution in [1.82, 2.24) is 10.6 Å². The monoisotopic (exact) mass is 417 g/mol. The van der Waals surface area contributed by atoms with E-state index in [0.29, 0.717) is 59.2 Å². The van der Waals surface area contributed by atoms with Crippen LogP contribution in [0.3, 0.4) is 0 Å². The van der Waals surface area contributed by atoms with Gasteiger partial charge in [0.15, 0.2) is 0 Å². The van der Waals surface area contributed by atoms with Crippen molar-refractivity contribution in [2.24, 2.45) is 10.1 Å². The highest BCUT2D eigenvalue weighted by atomic mass is 32.2. The van der Waals surface area contributed by atoms with Crippen molar-refractivity contribution in [2.75, 3.05) is 37.6 Å². The van der Waals surface area contributed by atoms with Crippen LogP contribution in [0.2, 0.25) is 0 Å². The fourth-order valence-electron chi connectivity index (χ4n) is 3.13. The van der Waals surface area contributed by atoms with Gasteiger partial charge in [0.2, 0.25) is 0 Å². The summed E-state index contributed by atoms with van der Waals surface area (Å²) >= 11 is 1.19. The number of piperazine rings is 1. The predicted octanol–water partition coefficient (Wildman–Crippen LogP) is 3.04. The van der Waals surface area contributed by atoms with Gasteiger partial charge < -0.3 is 21.3 Å². The van der Waals surface area contributed by atoms with E-state index in [9.17, 15) is 8.78 Å². The highest BCUT2D eigenvalue weighted by molar-refractivity contribution is 8.02. The molecule has 8 heteroatoms. The summed E-state index contributed by atoms with van der Waals surface area (Å²) in [5.74, 6) is -0.809. The minimum atomic E-state index is -0.408. The van der Waals surface area contributed by atoms with Crippen LogP contribution in [0.1, 0.15) is 5.56 Å². The lowest BCUT2D eigenvalue weighted by molar-refractivity contribution is 0.552. The van der Waals surface area contributed by atoms with Crippen LogP contribution in [0.5, 0.6) is 0 Å². The van der Waals surface area contributed by atoms with Crippen molar-refractivity contribution < 1.29 is 8.78 Å². The van der Waals surface area contributed by atoms with Crippen LogP contribution in [-0.2, 0) is 6.42 Å². The third-order valence-electron chi connectivity index (χ3n) is 4.76. The molecule has 2 aliphatic heterocycles. The maximum Gasteiger partial charge on any atom is 0.146 e. The zero-order valence-electron chi connectivity index (χ0n) is 16.2. The first-order valence-electron chi connectivity index (χ1n) is 9.40. The van der Waals surface area contributed by atoms with Gasteiger partial charge in [0.05, 0.1) is 16.3 Å². The van der Waals surface area contributed by atoms with Crippen molar-refractivity contribution in [2.45, 2.75) is 6.42 Å². The summed E-state index contributed by atoms with van der Waals surface area (Å²) in [4.78, 5) is 2.53. The molecule has 1 saturated heterocycles. The third kappa shape index (κ3) is 5.27. The molecule has 0 unspecified atom stereocenters. The molecule has 0 bridgehead atoms. The maximum atomic E-state index is 14.5. The molecule has 3 rings (SSSR count). The van der Waals surface area contributed by atoms with Crippen LogP contribution < -0.4 is 21.3 Å². The molecule has 0 spiro atoms. The molecule has 1 aromatic carbocycles. The van der Waals surface area contributed by atoms with Crippen molar-refractivity contribution >= 4 is 23.8 Å². The Balaban J connectivity index is 1.63. The van der Waals surface area contributed by atoms with Gasteiger partial charge in [0, 0.05) is 62.6 Å². The summed E-state index contributed by atoms with van der Waals surface area (Å²) in [5, 5.41) is 6.33. The van der Waals surface area contributed by atoms with Gasteiger partial charge in [-0.25, -0.2) is 13.2 Å². The minimum Gasteiger partial charge on any atom is -0.397 e. The molecule has 0 atom stereocenters. The first-order chi connectivity index (χ1) is 14.0. The van der Waals surface area contributed by atoms with Crippen molar-refractivity contribution in [3.05, 3.63) is 76.5 Å². The fourth-order valence-corrected chi connectivity index (χ4v) is 3.77. The molecule has 4 N–H and O–H groups in total. The SMILES string of the molecule is C=C1/C=C\C=N/S/C(C(=C)NCCc2cc(F)c(N3CCNCC3)cc2F)=C\1N. The molecule has 0 amide bonds. The molecular weight excluding hydrogens is 392 g/mol. The lowest BCUT2D eigenvalue weighted by Gasteiger charge is -2.30. The summed E-state index contributed by atoms with van der Waals surface area (Å²) in [5.41, 5.74) is 8.48. The van der Waals surface area contributed by atoms with Crippen molar-refractivity contribution in [3.63, 3.8) is 0 Å². The van der Waals surface area contributed by atoms with Gasteiger partial charge in [-0.15, -0.1) is 0 Å². The summed E-state index contributed by atoms with van der Waals surface area (Å²) in [6, 6.07) is 2.58. The lowest BCUT2D eigenvalue weighted by Crippen LogP contribution is -2.44. The molecule has 0 saturated carbocycles. The van der Waals surface area contributed by atoms with E-state index in [0.717, 1.165) is 13.1 Å². The second-order valence-electron chi connectivity index (χ2n) is 6.76. The zero-order chi connectivity index (χ0) is 20.8. The van der Waals surface area contributed by atoms with Gasteiger partial charge in [-0.2, -0.15) is 0 Å². The molecule has 1 fully saturated rings. The number of rotatable bonds is 6. The first kappa shape index (κ1) is 21.1. The molecular formula is C21H25F2N5S. The number of hydrogen-bond donors (Lipinski definition) is 3. The number of halogens is 2. The highest BCUT2D eigenvalue weighted by Crippen LogP contribution is 2.28. The summed E-state index contributed by atoms with van der Waals surface area (Å²) in [6.07, 6.45) is 5.49. The largest absolute Gasteiger partial charge is 0.397 e. The van der Waals surface area contributed by atoms with Crippen LogP contribution in [-0.4, -0.2) is 38.9 Å². The Bertz CT molecular complexity index is 885. The van der Waals surface area contributed by atoms with E-state index in [-0.39, 0.29) is 0 Å². The van der Waals surface area contributed by atoms with Crippen LogP contribution >= 0.6 is 11.9 Å². The van der Waals surface area contributed by atoms with Gasteiger partial charge in [0.25, 0.3) is 0 Å². The topological polar surface area (TPSA) is 65.7 Å². The summed E-state index contributed by atoms with van der Waals surface area (Å²) < 4.78 is 33.3. The van der Waals surface area contributed by atoms with Crippen molar-refractivity contribution in [1.29, 1.82) is 0 Å². The smallest absolute Gasteiger partial charge is 0.146 e. The molecule has 1 aromatic rings. The van der Waals surface area contributed by atoms with E-state index in [2.05, 4.69) is 28.2 Å². The average Bonchev–Trinajstić information content (AvgIpc) is 2.71. The number of nitrogens with zero attached hydrogens (tertiary/aromatic N) is 2. The number of allylic oxidation sites excluding steroid dienone is 2. The van der Waals surface area contributed by atoms with E-state index in [4.69, 9.17) is 5.73 Å². The molecule has 0 aliphatic carbocycles. The zero-order valence-corrected chi connectivity index (χ0v) is 17.0. The third-order valence-corrected chi connectivity index (χ3v) is 5.64. The lowest BCUT2D eigenvalue weighted by atomic mass is 10.1. The first-order valence-corrected chi connectivity index (χ1v) is 10.2. The summed E-state index contributed by atoms with van der Waals surface area (Å²) in [6.45, 7) is 11.1. The summed E-state index contributed by atoms with van der Waals surface area (Å²) in [7, 11) is 0. The van der Waals surface area contributed by atoms with E-state index in [1.54, 1.807) is 18.4 Å². The number of anilines is 1. The van der Waals surface area contributed by atoms with Crippen LogP contribution in [0.25, 0.3) is 0 Å². The Morgan fingerprint density at radius 1 is 1.28 bits per heavy atom. The van der Waals surface area contributed by atoms with Gasteiger partial charge in [0.1, 0.15) is 11.6 Å². The Kier molecular flexibility index (Phi) is 7.11. The Labute approximate surface area is 174 Å². The second kappa shape index (κ2) is 9.76. The average molecular weight is 418 g/mol. The molecule has 29 heavy (non-hydrogen) atoms. The molecule has 154 valence electrons. The Morgan fingerprint density at radius 2 is 2.03 bits per heavy atom. The van der Waals surface area contributed by atoms with Gasteiger partial charge in [-0.3, -0.25) is 0 Å². The number of benzene rings is 1. The second-order valence-corrected chi connectivity index (χ2v) is 7.56. The van der Waals surface area contributed by atoms with Gasteiger partial charge in [-0.1, -0.05) is 19.2 Å². The minimum absolute atomic E-state index is 0.311. The van der Waals surface area contributed by atoms with Crippen LogP contribution in [0, 0.1) is 11.6 Å². The van der Waals surface area contributed by atoms with Crippen LogP contribution in [0.15, 0.2) is 63.7 Å². The number of nitrogens with one attached hydrogen (secondary N) is 2. The molecule has 2 heterocycles. The number of hydrogen-bond acceptors (Lipinski definition) is 6. The van der Waals surface area contributed by atoms with Gasteiger partial charge >= 0.3 is 0 Å². The normalized spacial score (nSPS) is 22.0. The molecule has 0 aromatic heterocycles. The molecule has 2 aliphatic rings.